The van der Waals surface area contributed by atoms with Gasteiger partial charge in [0.15, 0.2) is 0 Å². The number of nitrogens with zero attached hydrogens (tertiary/aromatic N) is 3. The molecule has 0 spiro atoms. The Labute approximate surface area is 84.0 Å². The molecule has 0 unspecified atom stereocenters. The number of anilines is 1. The van der Waals surface area contributed by atoms with Crippen LogP contribution in [0.25, 0.3) is 0 Å². The first kappa shape index (κ1) is 9.01. The van der Waals surface area contributed by atoms with E-state index in [2.05, 4.69) is 16.0 Å². The van der Waals surface area contributed by atoms with Gasteiger partial charge in [0.05, 0.1) is 5.56 Å². The molecule has 72 valence electrons. The molecule has 0 amide bonds. The molecule has 1 aliphatic heterocycles. The highest BCUT2D eigenvalue weighted by molar-refractivity contribution is 5.53. The Morgan fingerprint density at radius 2 is 2.07 bits per heavy atom. The third-order valence-electron chi connectivity index (χ3n) is 2.56. The lowest BCUT2D eigenvalue weighted by Gasteiger charge is -2.28. The average Bonchev–Trinajstić information content (AvgIpc) is 2.30. The van der Waals surface area contributed by atoms with E-state index in [9.17, 15) is 0 Å². The zero-order valence-electron chi connectivity index (χ0n) is 8.11. The molecule has 1 fully saturated rings. The number of hydrogen-bond donors (Lipinski definition) is 0. The van der Waals surface area contributed by atoms with E-state index in [4.69, 9.17) is 5.26 Å². The van der Waals surface area contributed by atoms with Gasteiger partial charge in [0, 0.05) is 19.3 Å². The normalized spacial score (nSPS) is 16.4. The number of hydrogen-bond acceptors (Lipinski definition) is 3. The minimum Gasteiger partial charge on any atom is -0.356 e. The van der Waals surface area contributed by atoms with Gasteiger partial charge in [-0.15, -0.1) is 0 Å². The highest BCUT2D eigenvalue weighted by Crippen LogP contribution is 2.20. The second-order valence-electron chi connectivity index (χ2n) is 3.53. The van der Waals surface area contributed by atoms with Crippen LogP contribution >= 0.6 is 0 Å². The van der Waals surface area contributed by atoms with E-state index in [-0.39, 0.29) is 0 Å². The molecule has 0 radical (unpaired) electrons. The van der Waals surface area contributed by atoms with Gasteiger partial charge in [0.2, 0.25) is 0 Å². The number of pyridine rings is 1. The lowest BCUT2D eigenvalue weighted by atomic mass is 10.1. The first-order valence-corrected chi connectivity index (χ1v) is 5.02. The summed E-state index contributed by atoms with van der Waals surface area (Å²) in [7, 11) is 0. The largest absolute Gasteiger partial charge is 0.356 e. The van der Waals surface area contributed by atoms with Crippen LogP contribution in [0.5, 0.6) is 0 Å². The van der Waals surface area contributed by atoms with E-state index >= 15 is 0 Å². The Bertz CT molecular complexity index is 348. The Morgan fingerprint density at radius 1 is 1.29 bits per heavy atom. The van der Waals surface area contributed by atoms with E-state index in [0.717, 1.165) is 18.9 Å². The predicted octanol–water partition coefficient (Wildman–Crippen LogP) is 1.94. The van der Waals surface area contributed by atoms with Crippen LogP contribution in [0.3, 0.4) is 0 Å². The summed E-state index contributed by atoms with van der Waals surface area (Å²) in [6.07, 6.45) is 5.47. The fourth-order valence-corrected chi connectivity index (χ4v) is 1.84. The van der Waals surface area contributed by atoms with Crippen molar-refractivity contribution in [1.82, 2.24) is 4.98 Å². The molecule has 14 heavy (non-hydrogen) atoms. The highest BCUT2D eigenvalue weighted by atomic mass is 15.2. The topological polar surface area (TPSA) is 39.9 Å². The molecule has 1 aromatic rings. The molecular formula is C11H13N3. The first-order chi connectivity index (χ1) is 6.92. The lowest BCUT2D eigenvalue weighted by Crippen LogP contribution is -2.30. The van der Waals surface area contributed by atoms with Gasteiger partial charge < -0.3 is 4.90 Å². The summed E-state index contributed by atoms with van der Waals surface area (Å²) in [6.45, 7) is 2.07. The standard InChI is InChI=1S/C11H13N3/c12-9-10-5-4-6-13-11(10)14-7-2-1-3-8-14/h4-6H,1-3,7-8H2. The molecule has 0 aromatic carbocycles. The molecule has 2 rings (SSSR count). The summed E-state index contributed by atoms with van der Waals surface area (Å²) >= 11 is 0. The molecule has 1 aromatic heterocycles. The van der Waals surface area contributed by atoms with Gasteiger partial charge in [0.25, 0.3) is 0 Å². The molecule has 0 N–H and O–H groups in total. The second kappa shape index (κ2) is 4.10. The van der Waals surface area contributed by atoms with Crippen LogP contribution in [0.4, 0.5) is 5.82 Å². The first-order valence-electron chi connectivity index (χ1n) is 5.02. The predicted molar refractivity (Wildman–Crippen MR) is 55.0 cm³/mol. The second-order valence-corrected chi connectivity index (χ2v) is 3.53. The molecule has 3 heteroatoms. The Hall–Kier alpha value is -1.56. The number of nitriles is 1. The van der Waals surface area contributed by atoms with Crippen LogP contribution in [-0.2, 0) is 0 Å². The average molecular weight is 187 g/mol. The third-order valence-corrected chi connectivity index (χ3v) is 2.56. The fraction of sp³-hybridized carbons (Fsp3) is 0.455. The van der Waals surface area contributed by atoms with Gasteiger partial charge in [-0.25, -0.2) is 4.98 Å². The fourth-order valence-electron chi connectivity index (χ4n) is 1.84. The van der Waals surface area contributed by atoms with Crippen LogP contribution in [0.15, 0.2) is 18.3 Å². The summed E-state index contributed by atoms with van der Waals surface area (Å²) in [5.41, 5.74) is 0.689. The van der Waals surface area contributed by atoms with Gasteiger partial charge >= 0.3 is 0 Å². The molecule has 3 nitrogen and oxygen atoms in total. The van der Waals surface area contributed by atoms with Crippen molar-refractivity contribution in [2.24, 2.45) is 0 Å². The Kier molecular flexibility index (Phi) is 2.64. The van der Waals surface area contributed by atoms with Crippen LogP contribution in [0.1, 0.15) is 24.8 Å². The van der Waals surface area contributed by atoms with Crippen molar-refractivity contribution in [2.45, 2.75) is 19.3 Å². The maximum Gasteiger partial charge on any atom is 0.146 e. The van der Waals surface area contributed by atoms with Crippen LogP contribution in [0, 0.1) is 11.3 Å². The Morgan fingerprint density at radius 3 is 2.79 bits per heavy atom. The summed E-state index contributed by atoms with van der Waals surface area (Å²) in [5.74, 6) is 0.856. The van der Waals surface area contributed by atoms with E-state index < -0.39 is 0 Å². The number of rotatable bonds is 1. The smallest absolute Gasteiger partial charge is 0.146 e. The summed E-state index contributed by atoms with van der Waals surface area (Å²) in [4.78, 5) is 6.49. The van der Waals surface area contributed by atoms with Crippen molar-refractivity contribution in [1.29, 1.82) is 5.26 Å². The van der Waals surface area contributed by atoms with E-state index in [1.165, 1.54) is 19.3 Å². The number of aromatic nitrogens is 1. The van der Waals surface area contributed by atoms with Crippen molar-refractivity contribution in [3.63, 3.8) is 0 Å². The highest BCUT2D eigenvalue weighted by Gasteiger charge is 2.14. The van der Waals surface area contributed by atoms with E-state index in [1.54, 1.807) is 6.20 Å². The van der Waals surface area contributed by atoms with Crippen molar-refractivity contribution >= 4 is 5.82 Å². The summed E-state index contributed by atoms with van der Waals surface area (Å²) in [6, 6.07) is 5.83. The third kappa shape index (κ3) is 1.69. The minimum absolute atomic E-state index is 0.689. The zero-order chi connectivity index (χ0) is 9.80. The van der Waals surface area contributed by atoms with Crippen molar-refractivity contribution in [3.05, 3.63) is 23.9 Å². The molecule has 2 heterocycles. The minimum atomic E-state index is 0.689. The van der Waals surface area contributed by atoms with Crippen LogP contribution in [-0.4, -0.2) is 18.1 Å². The van der Waals surface area contributed by atoms with Gasteiger partial charge in [-0.1, -0.05) is 0 Å². The zero-order valence-corrected chi connectivity index (χ0v) is 8.11. The Balaban J connectivity index is 2.26. The maximum absolute atomic E-state index is 8.93. The molecule has 1 saturated heterocycles. The SMILES string of the molecule is N#Cc1cccnc1N1CCCCC1. The van der Waals surface area contributed by atoms with Gasteiger partial charge in [-0.3, -0.25) is 0 Å². The van der Waals surface area contributed by atoms with E-state index in [1.807, 2.05) is 12.1 Å². The summed E-state index contributed by atoms with van der Waals surface area (Å²) in [5, 5.41) is 8.93. The molecule has 1 aliphatic rings. The maximum atomic E-state index is 8.93. The van der Waals surface area contributed by atoms with Crippen molar-refractivity contribution in [3.8, 4) is 6.07 Å². The quantitative estimate of drug-likeness (QED) is 0.674. The number of piperidine rings is 1. The molecule has 0 saturated carbocycles. The summed E-state index contributed by atoms with van der Waals surface area (Å²) < 4.78 is 0. The molecular weight excluding hydrogens is 174 g/mol. The van der Waals surface area contributed by atoms with Crippen LogP contribution in [0.2, 0.25) is 0 Å². The van der Waals surface area contributed by atoms with Crippen molar-refractivity contribution < 1.29 is 0 Å². The van der Waals surface area contributed by atoms with Gasteiger partial charge in [-0.05, 0) is 31.4 Å². The lowest BCUT2D eigenvalue weighted by molar-refractivity contribution is 0.573. The van der Waals surface area contributed by atoms with Gasteiger partial charge in [0.1, 0.15) is 11.9 Å². The molecule has 0 atom stereocenters. The van der Waals surface area contributed by atoms with Crippen LogP contribution < -0.4 is 4.90 Å². The molecule has 0 aliphatic carbocycles. The van der Waals surface area contributed by atoms with E-state index in [0.29, 0.717) is 5.56 Å². The molecule has 0 bridgehead atoms. The van der Waals surface area contributed by atoms with Crippen molar-refractivity contribution in [2.75, 3.05) is 18.0 Å². The monoisotopic (exact) mass is 187 g/mol. The van der Waals surface area contributed by atoms with Gasteiger partial charge in [-0.2, -0.15) is 5.26 Å².